The summed E-state index contributed by atoms with van der Waals surface area (Å²) in [5, 5.41) is 42.5. The van der Waals surface area contributed by atoms with Crippen LogP contribution in [-0.4, -0.2) is 81.8 Å². The van der Waals surface area contributed by atoms with Crippen LogP contribution in [0.15, 0.2) is 11.6 Å². The van der Waals surface area contributed by atoms with Gasteiger partial charge in [0, 0.05) is 24.2 Å². The third-order valence-electron chi connectivity index (χ3n) is 13.6. The Hall–Kier alpha value is -0.580. The van der Waals surface area contributed by atoms with Gasteiger partial charge < -0.3 is 39.4 Å². The molecule has 3 heterocycles. The second-order valence-electron chi connectivity index (χ2n) is 15.5. The third kappa shape index (κ3) is 4.14. The summed E-state index contributed by atoms with van der Waals surface area (Å²) >= 11 is 0. The zero-order valence-electron chi connectivity index (χ0n) is 25.4. The molecule has 0 aromatic heterocycles. The van der Waals surface area contributed by atoms with Crippen LogP contribution < -0.4 is 0 Å². The summed E-state index contributed by atoms with van der Waals surface area (Å²) in [5.41, 5.74) is 1.19. The lowest BCUT2D eigenvalue weighted by Crippen LogP contribution is -2.59. The summed E-state index contributed by atoms with van der Waals surface area (Å²) in [6, 6.07) is 0. The van der Waals surface area contributed by atoms with E-state index in [9.17, 15) is 20.4 Å². The van der Waals surface area contributed by atoms with Gasteiger partial charge in [0.15, 0.2) is 12.1 Å². The van der Waals surface area contributed by atoms with Crippen molar-refractivity contribution in [1.82, 2.24) is 0 Å². The Morgan fingerprint density at radius 2 is 1.71 bits per heavy atom. The van der Waals surface area contributed by atoms with Gasteiger partial charge >= 0.3 is 0 Å². The fourth-order valence-electron chi connectivity index (χ4n) is 11.1. The van der Waals surface area contributed by atoms with Crippen molar-refractivity contribution < 1.29 is 39.4 Å². The van der Waals surface area contributed by atoms with E-state index in [2.05, 4.69) is 33.8 Å². The molecule has 6 fully saturated rings. The van der Waals surface area contributed by atoms with Gasteiger partial charge in [-0.05, 0) is 80.5 Å². The highest BCUT2D eigenvalue weighted by molar-refractivity contribution is 5.28. The van der Waals surface area contributed by atoms with E-state index in [0.29, 0.717) is 48.3 Å². The first kappa shape index (κ1) is 29.1. The highest BCUT2D eigenvalue weighted by atomic mass is 16.7. The van der Waals surface area contributed by atoms with Gasteiger partial charge in [0.25, 0.3) is 0 Å². The van der Waals surface area contributed by atoms with Crippen molar-refractivity contribution in [2.24, 2.45) is 46.3 Å². The van der Waals surface area contributed by atoms with Gasteiger partial charge in [0.05, 0.1) is 31.0 Å². The number of aliphatic hydroxyl groups excluding tert-OH is 4. The Balaban J connectivity index is 1.08. The molecule has 4 aliphatic carbocycles. The maximum atomic E-state index is 11.8. The Bertz CT molecular complexity index is 1040. The molecule has 7 rings (SSSR count). The molecule has 0 bridgehead atoms. The molecular weight excluding hydrogens is 524 g/mol. The van der Waals surface area contributed by atoms with Crippen LogP contribution >= 0.6 is 0 Å². The standard InChI is InChI=1S/C33H52O8/c1-16-8-11-33(38-15-16)17(2)26-24(41-33)14-23-21-7-6-19-12-20(40-30-29(37)28(36)27(35)18(3)39-30)13-25(34)32(19,5)22(21)9-10-31(23,26)4/h6,16-18,20-30,34-37H,7-15H2,1-5H3/t16-,17+,18+,20-,21-,22+,23+,24+,25-,26+,27+,28-,29-,30+,31+,32+,33-/m1/s1. The Labute approximate surface area is 244 Å². The molecule has 8 nitrogen and oxygen atoms in total. The molecule has 0 amide bonds. The average molecular weight is 577 g/mol. The summed E-state index contributed by atoms with van der Waals surface area (Å²) < 4.78 is 25.3. The fourth-order valence-corrected chi connectivity index (χ4v) is 11.1. The van der Waals surface area contributed by atoms with Crippen molar-refractivity contribution >= 4 is 0 Å². The number of hydrogen-bond donors (Lipinski definition) is 4. The molecule has 0 radical (unpaired) electrons. The van der Waals surface area contributed by atoms with Gasteiger partial charge in [-0.15, -0.1) is 0 Å². The van der Waals surface area contributed by atoms with E-state index in [4.69, 9.17) is 18.9 Å². The molecule has 232 valence electrons. The van der Waals surface area contributed by atoms with Crippen LogP contribution in [0.4, 0.5) is 0 Å². The van der Waals surface area contributed by atoms with Crippen LogP contribution in [0.1, 0.15) is 86.0 Å². The summed E-state index contributed by atoms with van der Waals surface area (Å²) in [7, 11) is 0. The number of hydrogen-bond acceptors (Lipinski definition) is 8. The van der Waals surface area contributed by atoms with E-state index >= 15 is 0 Å². The number of allylic oxidation sites excluding steroid dienone is 1. The van der Waals surface area contributed by atoms with Crippen molar-refractivity contribution in [3.63, 3.8) is 0 Å². The highest BCUT2D eigenvalue weighted by Gasteiger charge is 2.69. The van der Waals surface area contributed by atoms with E-state index in [1.165, 1.54) is 12.0 Å². The number of rotatable bonds is 2. The summed E-state index contributed by atoms with van der Waals surface area (Å²) in [6.07, 6.45) is 3.99. The second kappa shape index (κ2) is 9.96. The third-order valence-corrected chi connectivity index (χ3v) is 13.6. The van der Waals surface area contributed by atoms with E-state index < -0.39 is 42.6 Å². The first-order valence-corrected chi connectivity index (χ1v) is 16.4. The lowest BCUT2D eigenvalue weighted by Gasteiger charge is -2.60. The minimum absolute atomic E-state index is 0.227. The van der Waals surface area contributed by atoms with Crippen molar-refractivity contribution in [3.8, 4) is 0 Å². The normalized spacial score (nSPS) is 60.2. The van der Waals surface area contributed by atoms with Crippen molar-refractivity contribution in [3.05, 3.63) is 11.6 Å². The summed E-state index contributed by atoms with van der Waals surface area (Å²) in [5.74, 6) is 2.65. The lowest BCUT2D eigenvalue weighted by molar-refractivity contribution is -0.308. The Morgan fingerprint density at radius 3 is 2.44 bits per heavy atom. The van der Waals surface area contributed by atoms with Crippen LogP contribution in [0, 0.1) is 46.3 Å². The van der Waals surface area contributed by atoms with Gasteiger partial charge in [-0.25, -0.2) is 0 Å². The molecule has 1 spiro atoms. The van der Waals surface area contributed by atoms with Crippen molar-refractivity contribution in [2.75, 3.05) is 6.61 Å². The van der Waals surface area contributed by atoms with Gasteiger partial charge in [-0.1, -0.05) is 39.3 Å². The minimum Gasteiger partial charge on any atom is -0.392 e. The predicted molar refractivity (Wildman–Crippen MR) is 150 cm³/mol. The molecule has 7 aliphatic rings. The molecule has 3 aliphatic heterocycles. The minimum atomic E-state index is -1.33. The van der Waals surface area contributed by atoms with E-state index in [1.807, 2.05) is 0 Å². The second-order valence-corrected chi connectivity index (χ2v) is 15.5. The zero-order chi connectivity index (χ0) is 29.1. The predicted octanol–water partition coefficient (Wildman–Crippen LogP) is 3.54. The van der Waals surface area contributed by atoms with E-state index in [1.54, 1.807) is 6.92 Å². The van der Waals surface area contributed by atoms with Gasteiger partial charge in [-0.3, -0.25) is 0 Å². The summed E-state index contributed by atoms with van der Waals surface area (Å²) in [4.78, 5) is 0. The van der Waals surface area contributed by atoms with Crippen LogP contribution in [0.25, 0.3) is 0 Å². The quantitative estimate of drug-likeness (QED) is 0.369. The highest BCUT2D eigenvalue weighted by Crippen LogP contribution is 2.70. The van der Waals surface area contributed by atoms with Gasteiger partial charge in [-0.2, -0.15) is 0 Å². The lowest BCUT2D eigenvalue weighted by atomic mass is 9.46. The van der Waals surface area contributed by atoms with Gasteiger partial charge in [0.1, 0.15) is 18.3 Å². The molecule has 4 N–H and O–H groups in total. The molecule has 3 saturated heterocycles. The topological polar surface area (TPSA) is 118 Å². The molecule has 0 unspecified atom stereocenters. The number of ether oxygens (including phenoxy) is 4. The first-order valence-electron chi connectivity index (χ1n) is 16.4. The molecule has 8 heteroatoms. The van der Waals surface area contributed by atoms with Crippen LogP contribution in [0.3, 0.4) is 0 Å². The molecule has 0 aromatic carbocycles. The number of aliphatic hydroxyl groups is 4. The SMILES string of the molecule is C[C@@H]1CC[C@@]2(OC1)O[C@H]1C[C@H]3[C@@H]4CC=C5C[C@@H](O[C@@H]6O[C@@H](C)[C@H](O)[C@@H](O)[C@H]6O)C[C@@H](O)[C@]5(C)[C@H]4CC[C@]3(C)[C@H]1[C@@H]2C. The Morgan fingerprint density at radius 1 is 0.927 bits per heavy atom. The molecular formula is C33H52O8. The van der Waals surface area contributed by atoms with E-state index in [0.717, 1.165) is 38.7 Å². The largest absolute Gasteiger partial charge is 0.392 e. The number of fused-ring (bicyclic) bond motifs is 7. The van der Waals surface area contributed by atoms with Crippen LogP contribution in [0.2, 0.25) is 0 Å². The first-order chi connectivity index (χ1) is 19.4. The molecule has 3 saturated carbocycles. The Kier molecular flexibility index (Phi) is 7.08. The van der Waals surface area contributed by atoms with Crippen molar-refractivity contribution in [1.29, 1.82) is 0 Å². The smallest absolute Gasteiger partial charge is 0.186 e. The van der Waals surface area contributed by atoms with E-state index in [-0.39, 0.29) is 23.0 Å². The van der Waals surface area contributed by atoms with Crippen molar-refractivity contribution in [2.45, 2.75) is 141 Å². The maximum Gasteiger partial charge on any atom is 0.186 e. The summed E-state index contributed by atoms with van der Waals surface area (Å²) in [6.45, 7) is 11.9. The fraction of sp³-hybridized carbons (Fsp3) is 0.939. The van der Waals surface area contributed by atoms with Crippen LogP contribution in [-0.2, 0) is 18.9 Å². The van der Waals surface area contributed by atoms with Crippen LogP contribution in [0.5, 0.6) is 0 Å². The van der Waals surface area contributed by atoms with Gasteiger partial charge in [0.2, 0.25) is 0 Å². The molecule has 0 aromatic rings. The monoisotopic (exact) mass is 576 g/mol. The molecule has 17 atom stereocenters. The zero-order valence-corrected chi connectivity index (χ0v) is 25.4. The molecule has 41 heavy (non-hydrogen) atoms. The average Bonchev–Trinajstić information content (AvgIpc) is 3.38. The maximum absolute atomic E-state index is 11.8.